The highest BCUT2D eigenvalue weighted by molar-refractivity contribution is 6.30. The van der Waals surface area contributed by atoms with Gasteiger partial charge in [-0.05, 0) is 36.2 Å². The van der Waals surface area contributed by atoms with Crippen LogP contribution in [-0.4, -0.2) is 38.4 Å². The molecule has 1 N–H and O–H groups in total. The normalized spacial score (nSPS) is 13.9. The fourth-order valence-electron chi connectivity index (χ4n) is 2.65. The minimum Gasteiger partial charge on any atom is -0.476 e. The number of carbonyl (C=O) groups is 2. The first-order valence-corrected chi connectivity index (χ1v) is 7.97. The summed E-state index contributed by atoms with van der Waals surface area (Å²) in [6.45, 7) is 1.07. The lowest BCUT2D eigenvalue weighted by molar-refractivity contribution is 0.0689. The lowest BCUT2D eigenvalue weighted by Gasteiger charge is -2.19. The zero-order chi connectivity index (χ0) is 18.0. The molecule has 0 bridgehead atoms. The summed E-state index contributed by atoms with van der Waals surface area (Å²) >= 11 is 5.77. The summed E-state index contributed by atoms with van der Waals surface area (Å²) in [6, 6.07) is 5.38. The van der Waals surface area contributed by atoms with Crippen LogP contribution in [0.5, 0.6) is 0 Å². The molecule has 1 aromatic carbocycles. The molecule has 0 spiro atoms. The van der Waals surface area contributed by atoms with E-state index in [0.717, 1.165) is 0 Å². The van der Waals surface area contributed by atoms with Gasteiger partial charge in [-0.15, -0.1) is 0 Å². The van der Waals surface area contributed by atoms with E-state index in [1.165, 1.54) is 29.2 Å². The van der Waals surface area contributed by atoms with Crippen LogP contribution in [0, 0.1) is 5.82 Å². The van der Waals surface area contributed by atoms with Gasteiger partial charge in [0.1, 0.15) is 12.4 Å². The lowest BCUT2D eigenvalue weighted by Crippen LogP contribution is -2.31. The minimum atomic E-state index is -1.11. The van der Waals surface area contributed by atoms with E-state index in [2.05, 4.69) is 5.10 Å². The predicted molar refractivity (Wildman–Crippen MR) is 85.8 cm³/mol. The van der Waals surface area contributed by atoms with Crippen molar-refractivity contribution in [3.63, 3.8) is 0 Å². The predicted octanol–water partition coefficient (Wildman–Crippen LogP) is 2.92. The Morgan fingerprint density at radius 3 is 2.80 bits per heavy atom. The van der Waals surface area contributed by atoms with Crippen molar-refractivity contribution in [2.75, 3.05) is 6.54 Å². The number of carboxylic acids is 1. The summed E-state index contributed by atoms with van der Waals surface area (Å²) in [5.74, 6) is -1.61. The van der Waals surface area contributed by atoms with Crippen LogP contribution in [0.2, 0.25) is 5.02 Å². The lowest BCUT2D eigenvalue weighted by atomic mass is 10.2. The number of aryl methyl sites for hydroxylation is 1. The van der Waals surface area contributed by atoms with Gasteiger partial charge in [-0.25, -0.2) is 14.0 Å². The summed E-state index contributed by atoms with van der Waals surface area (Å²) in [5.41, 5.74) is 1.02. The van der Waals surface area contributed by atoms with Gasteiger partial charge in [0.05, 0.1) is 12.2 Å². The number of carboxylic acid groups (broad SMARTS) is 1. The van der Waals surface area contributed by atoms with Crippen LogP contribution in [0.3, 0.4) is 0 Å². The van der Waals surface area contributed by atoms with Crippen LogP contribution in [0.25, 0.3) is 0 Å². The van der Waals surface area contributed by atoms with Gasteiger partial charge in [-0.3, -0.25) is 4.68 Å². The first kappa shape index (κ1) is 17.2. The average Bonchev–Trinajstić information content (AvgIpc) is 2.84. The molecule has 0 saturated carbocycles. The van der Waals surface area contributed by atoms with Crippen molar-refractivity contribution in [3.05, 3.63) is 52.1 Å². The van der Waals surface area contributed by atoms with Gasteiger partial charge in [0.2, 0.25) is 0 Å². The van der Waals surface area contributed by atoms with Crippen molar-refractivity contribution < 1.29 is 23.8 Å². The molecule has 25 heavy (non-hydrogen) atoms. The van der Waals surface area contributed by atoms with E-state index >= 15 is 0 Å². The number of halogens is 2. The van der Waals surface area contributed by atoms with Gasteiger partial charge in [-0.1, -0.05) is 11.6 Å². The Morgan fingerprint density at radius 2 is 2.08 bits per heavy atom. The molecule has 0 aliphatic carbocycles. The second-order valence-electron chi connectivity index (χ2n) is 5.66. The van der Waals surface area contributed by atoms with E-state index in [1.54, 1.807) is 4.68 Å². The molecular formula is C16H15ClFN3O4. The molecular weight excluding hydrogens is 353 g/mol. The fraction of sp³-hybridized carbons (Fsp3) is 0.312. The van der Waals surface area contributed by atoms with Gasteiger partial charge < -0.3 is 14.7 Å². The van der Waals surface area contributed by atoms with E-state index in [4.69, 9.17) is 21.4 Å². The summed E-state index contributed by atoms with van der Waals surface area (Å²) in [5, 5.41) is 13.2. The molecule has 2 aromatic rings. The van der Waals surface area contributed by atoms with Crippen LogP contribution >= 0.6 is 11.6 Å². The molecule has 1 amide bonds. The Balaban J connectivity index is 1.66. The highest BCUT2D eigenvalue weighted by Crippen LogP contribution is 2.17. The van der Waals surface area contributed by atoms with Crippen molar-refractivity contribution in [2.45, 2.75) is 26.1 Å². The van der Waals surface area contributed by atoms with Gasteiger partial charge >= 0.3 is 12.1 Å². The Bertz CT molecular complexity index is 803. The van der Waals surface area contributed by atoms with Crippen molar-refractivity contribution in [3.8, 4) is 0 Å². The van der Waals surface area contributed by atoms with E-state index in [1.807, 2.05) is 0 Å². The topological polar surface area (TPSA) is 84.7 Å². The number of aromatic carboxylic acids is 1. The molecule has 2 heterocycles. The van der Waals surface area contributed by atoms with Crippen molar-refractivity contribution in [2.24, 2.45) is 0 Å². The first-order chi connectivity index (χ1) is 11.9. The number of rotatable bonds is 3. The summed E-state index contributed by atoms with van der Waals surface area (Å²) in [7, 11) is 0. The molecule has 1 aliphatic rings. The molecule has 1 aromatic heterocycles. The SMILES string of the molecule is O=C(O)c1cc2n(n1)CCCN(C(=O)OCc1cc(F)cc(Cl)c1)C2. The van der Waals surface area contributed by atoms with Crippen LogP contribution < -0.4 is 0 Å². The number of hydrogen-bond donors (Lipinski definition) is 1. The maximum absolute atomic E-state index is 13.3. The Kier molecular flexibility index (Phi) is 4.89. The molecule has 1 aliphatic heterocycles. The summed E-state index contributed by atoms with van der Waals surface area (Å²) in [4.78, 5) is 24.8. The number of carbonyl (C=O) groups excluding carboxylic acids is 1. The zero-order valence-corrected chi connectivity index (χ0v) is 13.9. The molecule has 0 radical (unpaired) electrons. The summed E-state index contributed by atoms with van der Waals surface area (Å²) in [6.07, 6.45) is 0.0566. The van der Waals surface area contributed by atoms with Crippen LogP contribution in [0.1, 0.15) is 28.2 Å². The monoisotopic (exact) mass is 367 g/mol. The van der Waals surface area contributed by atoms with Crippen LogP contribution in [0.4, 0.5) is 9.18 Å². The Hall–Kier alpha value is -2.61. The third kappa shape index (κ3) is 4.08. The summed E-state index contributed by atoms with van der Waals surface area (Å²) < 4.78 is 20.1. The van der Waals surface area contributed by atoms with Gasteiger partial charge in [-0.2, -0.15) is 5.10 Å². The average molecular weight is 368 g/mol. The molecule has 0 atom stereocenters. The molecule has 3 rings (SSSR count). The molecule has 132 valence electrons. The second kappa shape index (κ2) is 7.10. The highest BCUT2D eigenvalue weighted by Gasteiger charge is 2.23. The van der Waals surface area contributed by atoms with E-state index in [9.17, 15) is 14.0 Å². The van der Waals surface area contributed by atoms with Crippen LogP contribution in [-0.2, 0) is 24.4 Å². The fourth-order valence-corrected chi connectivity index (χ4v) is 2.90. The number of hydrogen-bond acceptors (Lipinski definition) is 4. The van der Waals surface area contributed by atoms with Crippen molar-refractivity contribution >= 4 is 23.7 Å². The zero-order valence-electron chi connectivity index (χ0n) is 13.1. The number of nitrogens with zero attached hydrogens (tertiary/aromatic N) is 3. The van der Waals surface area contributed by atoms with Crippen LogP contribution in [0.15, 0.2) is 24.3 Å². The smallest absolute Gasteiger partial charge is 0.410 e. The van der Waals surface area contributed by atoms with E-state index in [0.29, 0.717) is 30.8 Å². The highest BCUT2D eigenvalue weighted by atomic mass is 35.5. The molecule has 0 fully saturated rings. The maximum Gasteiger partial charge on any atom is 0.410 e. The first-order valence-electron chi connectivity index (χ1n) is 7.59. The number of fused-ring (bicyclic) bond motifs is 1. The minimum absolute atomic E-state index is 0.0559. The van der Waals surface area contributed by atoms with E-state index in [-0.39, 0.29) is 23.9 Å². The second-order valence-corrected chi connectivity index (χ2v) is 6.09. The third-order valence-electron chi connectivity index (χ3n) is 3.78. The Morgan fingerprint density at radius 1 is 1.28 bits per heavy atom. The molecule has 7 nitrogen and oxygen atoms in total. The Labute approximate surface area is 147 Å². The number of amides is 1. The quantitative estimate of drug-likeness (QED) is 0.901. The number of aromatic nitrogens is 2. The largest absolute Gasteiger partial charge is 0.476 e. The van der Waals surface area contributed by atoms with Gasteiger partial charge in [0.15, 0.2) is 5.69 Å². The third-order valence-corrected chi connectivity index (χ3v) is 3.99. The van der Waals surface area contributed by atoms with Crippen molar-refractivity contribution in [1.29, 1.82) is 0 Å². The molecule has 0 unspecified atom stereocenters. The molecule has 0 saturated heterocycles. The number of benzene rings is 1. The van der Waals surface area contributed by atoms with Gasteiger partial charge in [0, 0.05) is 18.1 Å². The van der Waals surface area contributed by atoms with E-state index < -0.39 is 17.9 Å². The number of ether oxygens (including phenoxy) is 1. The van der Waals surface area contributed by atoms with Gasteiger partial charge in [0.25, 0.3) is 0 Å². The van der Waals surface area contributed by atoms with Crippen molar-refractivity contribution in [1.82, 2.24) is 14.7 Å². The maximum atomic E-state index is 13.3. The standard InChI is InChI=1S/C16H15ClFN3O4/c17-11-4-10(5-12(18)6-11)9-25-16(24)20-2-1-3-21-13(8-20)7-14(19-21)15(22)23/h4-7H,1-3,8-9H2,(H,22,23). The molecule has 9 heteroatoms.